The number of amides is 1. The van der Waals surface area contributed by atoms with Crippen LogP contribution in [0.5, 0.6) is 5.75 Å². The molecule has 1 amide bonds. The van der Waals surface area contributed by atoms with E-state index in [4.69, 9.17) is 4.74 Å². The Bertz CT molecular complexity index is 1380. The van der Waals surface area contributed by atoms with E-state index >= 15 is 0 Å². The molecule has 0 atom stereocenters. The Balaban J connectivity index is 1.65. The van der Waals surface area contributed by atoms with Crippen molar-refractivity contribution in [2.24, 2.45) is 0 Å². The number of carbonyl (C=O) groups is 1. The topological polar surface area (TPSA) is 86.1 Å². The van der Waals surface area contributed by atoms with Gasteiger partial charge in [-0.25, -0.2) is 9.67 Å². The highest BCUT2D eigenvalue weighted by Gasteiger charge is 2.30. The zero-order valence-corrected chi connectivity index (χ0v) is 18.3. The number of aromatic nitrogens is 3. The van der Waals surface area contributed by atoms with E-state index in [0.717, 1.165) is 28.9 Å². The van der Waals surface area contributed by atoms with E-state index in [-0.39, 0.29) is 11.2 Å². The third-order valence-corrected chi connectivity index (χ3v) is 5.74. The van der Waals surface area contributed by atoms with E-state index in [0.29, 0.717) is 26.7 Å². The van der Waals surface area contributed by atoms with Crippen LogP contribution in [0.2, 0.25) is 0 Å². The molecule has 0 bridgehead atoms. The number of methoxy groups -OCH3 is 1. The average Bonchev–Trinajstić information content (AvgIpc) is 3.17. The van der Waals surface area contributed by atoms with E-state index in [2.05, 4.69) is 15.4 Å². The summed E-state index contributed by atoms with van der Waals surface area (Å²) in [7, 11) is 1.55. The highest BCUT2D eigenvalue weighted by Crippen LogP contribution is 2.31. The SMILES string of the molecule is COc1ccc(-c2nn(CC(=O)Nc3ccc(C(F)(F)F)cc3)c(=O)c3nc(C)sc23)cc1. The van der Waals surface area contributed by atoms with Gasteiger partial charge in [0, 0.05) is 11.3 Å². The third-order valence-electron chi connectivity index (χ3n) is 4.76. The van der Waals surface area contributed by atoms with E-state index < -0.39 is 29.8 Å². The number of aryl methyl sites for hydroxylation is 1. The minimum absolute atomic E-state index is 0.169. The second-order valence-electron chi connectivity index (χ2n) is 7.07. The maximum absolute atomic E-state index is 12.9. The highest BCUT2D eigenvalue weighted by atomic mass is 32.1. The molecule has 2 heterocycles. The Kier molecular flexibility index (Phi) is 5.90. The number of hydrogen-bond donors (Lipinski definition) is 1. The van der Waals surface area contributed by atoms with E-state index in [1.165, 1.54) is 11.3 Å². The van der Waals surface area contributed by atoms with Gasteiger partial charge in [0.15, 0.2) is 5.52 Å². The molecule has 0 saturated heterocycles. The summed E-state index contributed by atoms with van der Waals surface area (Å²) in [4.78, 5) is 29.7. The van der Waals surface area contributed by atoms with Gasteiger partial charge in [-0.2, -0.15) is 18.3 Å². The Labute approximate surface area is 189 Å². The number of fused-ring (bicyclic) bond motifs is 1. The fourth-order valence-electron chi connectivity index (χ4n) is 3.19. The molecule has 0 aliphatic carbocycles. The standard InChI is InChI=1S/C22H17F3N4O3S/c1-12-26-19-20(33-12)18(13-3-9-16(32-2)10-4-13)28-29(21(19)31)11-17(30)27-15-7-5-14(6-8-15)22(23,24)25/h3-10H,11H2,1-2H3,(H,27,30). The summed E-state index contributed by atoms with van der Waals surface area (Å²) in [5.41, 5.74) is 0.199. The number of carbonyl (C=O) groups excluding carboxylic acids is 1. The first-order chi connectivity index (χ1) is 15.7. The molecule has 0 spiro atoms. The van der Waals surface area contributed by atoms with Crippen LogP contribution >= 0.6 is 11.3 Å². The number of rotatable bonds is 5. The lowest BCUT2D eigenvalue weighted by Gasteiger charge is -2.11. The van der Waals surface area contributed by atoms with Crippen LogP contribution in [-0.2, 0) is 17.5 Å². The van der Waals surface area contributed by atoms with Gasteiger partial charge < -0.3 is 10.1 Å². The van der Waals surface area contributed by atoms with Crippen LogP contribution < -0.4 is 15.6 Å². The Morgan fingerprint density at radius 2 is 1.79 bits per heavy atom. The van der Waals surface area contributed by atoms with Crippen LogP contribution in [0.1, 0.15) is 10.6 Å². The molecule has 2 aromatic heterocycles. The van der Waals surface area contributed by atoms with Crippen LogP contribution in [0.25, 0.3) is 21.5 Å². The number of alkyl halides is 3. The van der Waals surface area contributed by atoms with Crippen molar-refractivity contribution >= 4 is 33.1 Å². The van der Waals surface area contributed by atoms with Crippen molar-refractivity contribution in [3.8, 4) is 17.0 Å². The van der Waals surface area contributed by atoms with Crippen LogP contribution in [0.3, 0.4) is 0 Å². The molecule has 33 heavy (non-hydrogen) atoms. The molecule has 0 unspecified atom stereocenters. The predicted octanol–water partition coefficient (Wildman–Crippen LogP) is 4.49. The molecule has 0 saturated carbocycles. The van der Waals surface area contributed by atoms with Gasteiger partial charge >= 0.3 is 6.18 Å². The second kappa shape index (κ2) is 8.66. The van der Waals surface area contributed by atoms with E-state index in [1.54, 1.807) is 38.3 Å². The average molecular weight is 474 g/mol. The highest BCUT2D eigenvalue weighted by molar-refractivity contribution is 7.19. The van der Waals surface area contributed by atoms with Gasteiger partial charge in [-0.05, 0) is 55.5 Å². The number of nitrogens with one attached hydrogen (secondary N) is 1. The number of benzene rings is 2. The van der Waals surface area contributed by atoms with Crippen LogP contribution in [-0.4, -0.2) is 27.8 Å². The molecule has 4 aromatic rings. The van der Waals surface area contributed by atoms with Gasteiger partial charge in [0.05, 0.1) is 22.4 Å². The zero-order valence-electron chi connectivity index (χ0n) is 17.4. The van der Waals surface area contributed by atoms with Gasteiger partial charge in [0.25, 0.3) is 5.56 Å². The third kappa shape index (κ3) is 4.72. The summed E-state index contributed by atoms with van der Waals surface area (Å²) in [5, 5.41) is 7.55. The number of anilines is 1. The first-order valence-electron chi connectivity index (χ1n) is 9.65. The van der Waals surface area contributed by atoms with Gasteiger partial charge in [-0.1, -0.05) is 0 Å². The van der Waals surface area contributed by atoms with Gasteiger partial charge in [0.2, 0.25) is 5.91 Å². The molecule has 1 N–H and O–H groups in total. The van der Waals surface area contributed by atoms with Crippen LogP contribution in [0, 0.1) is 6.92 Å². The zero-order chi connectivity index (χ0) is 23.8. The van der Waals surface area contributed by atoms with Crippen molar-refractivity contribution in [2.75, 3.05) is 12.4 Å². The maximum atomic E-state index is 12.9. The number of thiazole rings is 1. The monoisotopic (exact) mass is 474 g/mol. The van der Waals surface area contributed by atoms with Crippen molar-refractivity contribution in [3.63, 3.8) is 0 Å². The van der Waals surface area contributed by atoms with E-state index in [1.807, 2.05) is 0 Å². The van der Waals surface area contributed by atoms with Crippen molar-refractivity contribution in [3.05, 3.63) is 69.5 Å². The molecule has 7 nitrogen and oxygen atoms in total. The molecular weight excluding hydrogens is 457 g/mol. The summed E-state index contributed by atoms with van der Waals surface area (Å²) in [6.45, 7) is 1.33. The molecule has 170 valence electrons. The molecule has 2 aromatic carbocycles. The first kappa shape index (κ1) is 22.5. The van der Waals surface area contributed by atoms with Gasteiger partial charge in [-0.15, -0.1) is 11.3 Å². The normalized spacial score (nSPS) is 11.5. The smallest absolute Gasteiger partial charge is 0.416 e. The summed E-state index contributed by atoms with van der Waals surface area (Å²) in [5.74, 6) is 0.0380. The largest absolute Gasteiger partial charge is 0.497 e. The van der Waals surface area contributed by atoms with Crippen molar-refractivity contribution in [1.82, 2.24) is 14.8 Å². The maximum Gasteiger partial charge on any atom is 0.416 e. The lowest BCUT2D eigenvalue weighted by molar-refractivity contribution is -0.137. The lowest BCUT2D eigenvalue weighted by atomic mass is 10.1. The fourth-order valence-corrected chi connectivity index (χ4v) is 4.11. The molecule has 0 radical (unpaired) electrons. The van der Waals surface area contributed by atoms with E-state index in [9.17, 15) is 22.8 Å². The van der Waals surface area contributed by atoms with Crippen molar-refractivity contribution in [2.45, 2.75) is 19.6 Å². The molecule has 0 aliphatic rings. The summed E-state index contributed by atoms with van der Waals surface area (Å²) < 4.78 is 44.9. The minimum Gasteiger partial charge on any atom is -0.497 e. The Hall–Kier alpha value is -3.73. The van der Waals surface area contributed by atoms with Crippen molar-refractivity contribution < 1.29 is 22.7 Å². The van der Waals surface area contributed by atoms with Gasteiger partial charge in [-0.3, -0.25) is 9.59 Å². The quantitative estimate of drug-likeness (QED) is 0.461. The summed E-state index contributed by atoms with van der Waals surface area (Å²) in [6, 6.07) is 11.1. The van der Waals surface area contributed by atoms with Gasteiger partial charge in [0.1, 0.15) is 18.0 Å². The predicted molar refractivity (Wildman–Crippen MR) is 118 cm³/mol. The number of halogens is 3. The molecule has 0 fully saturated rings. The first-order valence-corrected chi connectivity index (χ1v) is 10.5. The summed E-state index contributed by atoms with van der Waals surface area (Å²) >= 11 is 1.32. The number of ether oxygens (including phenoxy) is 1. The Morgan fingerprint density at radius 1 is 1.12 bits per heavy atom. The number of nitrogens with zero attached hydrogens (tertiary/aromatic N) is 3. The second-order valence-corrected chi connectivity index (χ2v) is 8.28. The number of hydrogen-bond acceptors (Lipinski definition) is 6. The lowest BCUT2D eigenvalue weighted by Crippen LogP contribution is -2.30. The minimum atomic E-state index is -4.47. The molecule has 11 heteroatoms. The van der Waals surface area contributed by atoms with Crippen molar-refractivity contribution in [1.29, 1.82) is 0 Å². The fraction of sp³-hybridized carbons (Fsp3) is 0.182. The molecular formula is C22H17F3N4O3S. The van der Waals surface area contributed by atoms with Crippen LogP contribution in [0.4, 0.5) is 18.9 Å². The van der Waals surface area contributed by atoms with Crippen LogP contribution in [0.15, 0.2) is 53.3 Å². The molecule has 4 rings (SSSR count). The molecule has 0 aliphatic heterocycles. The summed E-state index contributed by atoms with van der Waals surface area (Å²) in [6.07, 6.45) is -4.47. The Morgan fingerprint density at radius 3 is 2.39 bits per heavy atom.